The summed E-state index contributed by atoms with van der Waals surface area (Å²) in [4.78, 5) is 0. The molecular formula is C9H11N3O2. The molecule has 2 heterocycles. The molecule has 0 aliphatic carbocycles. The SMILES string of the molecule is CCC(N)c1nnc(-c2ccoc2)o1. The molecule has 5 heteroatoms. The highest BCUT2D eigenvalue weighted by Gasteiger charge is 2.13. The summed E-state index contributed by atoms with van der Waals surface area (Å²) in [5.74, 6) is 0.904. The molecule has 0 spiro atoms. The predicted octanol–water partition coefficient (Wildman–Crippen LogP) is 1.74. The molecule has 0 bridgehead atoms. The molecule has 0 saturated carbocycles. The fraction of sp³-hybridized carbons (Fsp3) is 0.333. The molecular weight excluding hydrogens is 182 g/mol. The molecule has 0 fully saturated rings. The first-order valence-corrected chi connectivity index (χ1v) is 4.42. The van der Waals surface area contributed by atoms with Crippen LogP contribution in [0, 0.1) is 0 Å². The lowest BCUT2D eigenvalue weighted by Gasteiger charge is -1.99. The minimum atomic E-state index is -0.192. The zero-order valence-electron chi connectivity index (χ0n) is 7.80. The molecule has 2 N–H and O–H groups in total. The molecule has 74 valence electrons. The fourth-order valence-electron chi connectivity index (χ4n) is 1.06. The Morgan fingerprint density at radius 1 is 1.50 bits per heavy atom. The van der Waals surface area contributed by atoms with Gasteiger partial charge in [-0.2, -0.15) is 0 Å². The van der Waals surface area contributed by atoms with Crippen molar-refractivity contribution in [3.63, 3.8) is 0 Å². The van der Waals surface area contributed by atoms with Crippen molar-refractivity contribution < 1.29 is 8.83 Å². The Hall–Kier alpha value is -1.62. The van der Waals surface area contributed by atoms with E-state index in [1.54, 1.807) is 18.6 Å². The zero-order chi connectivity index (χ0) is 9.97. The minimum absolute atomic E-state index is 0.192. The van der Waals surface area contributed by atoms with Crippen LogP contribution in [-0.2, 0) is 0 Å². The van der Waals surface area contributed by atoms with Crippen molar-refractivity contribution in [1.82, 2.24) is 10.2 Å². The highest BCUT2D eigenvalue weighted by Crippen LogP contribution is 2.20. The Kier molecular flexibility index (Phi) is 2.32. The van der Waals surface area contributed by atoms with Crippen LogP contribution in [-0.4, -0.2) is 10.2 Å². The number of hydrogen-bond acceptors (Lipinski definition) is 5. The summed E-state index contributed by atoms with van der Waals surface area (Å²) in [6.45, 7) is 1.96. The van der Waals surface area contributed by atoms with Crippen LogP contribution in [0.5, 0.6) is 0 Å². The van der Waals surface area contributed by atoms with Gasteiger partial charge in [-0.3, -0.25) is 0 Å². The Balaban J connectivity index is 2.26. The summed E-state index contributed by atoms with van der Waals surface area (Å²) in [7, 11) is 0. The Morgan fingerprint density at radius 2 is 2.36 bits per heavy atom. The van der Waals surface area contributed by atoms with E-state index in [2.05, 4.69) is 10.2 Å². The molecule has 0 aromatic carbocycles. The maximum absolute atomic E-state index is 5.74. The van der Waals surface area contributed by atoms with E-state index in [0.29, 0.717) is 11.8 Å². The van der Waals surface area contributed by atoms with Gasteiger partial charge in [0, 0.05) is 0 Å². The van der Waals surface area contributed by atoms with E-state index in [1.165, 1.54) is 0 Å². The van der Waals surface area contributed by atoms with Crippen LogP contribution in [0.1, 0.15) is 25.3 Å². The van der Waals surface area contributed by atoms with E-state index < -0.39 is 0 Å². The van der Waals surface area contributed by atoms with Crippen molar-refractivity contribution in [2.24, 2.45) is 5.73 Å². The molecule has 0 aliphatic heterocycles. The molecule has 2 aromatic heterocycles. The van der Waals surface area contributed by atoms with Gasteiger partial charge >= 0.3 is 0 Å². The van der Waals surface area contributed by atoms with Crippen LogP contribution in [0.25, 0.3) is 11.5 Å². The van der Waals surface area contributed by atoms with Gasteiger partial charge in [0.25, 0.3) is 5.89 Å². The Labute approximate surface area is 80.9 Å². The minimum Gasteiger partial charge on any atom is -0.472 e. The first kappa shape index (κ1) is 8.96. The topological polar surface area (TPSA) is 78.1 Å². The van der Waals surface area contributed by atoms with Gasteiger partial charge in [0.1, 0.15) is 6.26 Å². The fourth-order valence-corrected chi connectivity index (χ4v) is 1.06. The average molecular weight is 193 g/mol. The number of furan rings is 1. The second-order valence-corrected chi connectivity index (χ2v) is 2.97. The molecule has 0 saturated heterocycles. The number of hydrogen-bond donors (Lipinski definition) is 1. The van der Waals surface area contributed by atoms with Crippen LogP contribution in [0.4, 0.5) is 0 Å². The number of rotatable bonds is 3. The van der Waals surface area contributed by atoms with Crippen molar-refractivity contribution in [2.75, 3.05) is 0 Å². The van der Waals surface area contributed by atoms with E-state index in [0.717, 1.165) is 12.0 Å². The van der Waals surface area contributed by atoms with Gasteiger partial charge in [0.05, 0.1) is 17.9 Å². The summed E-state index contributed by atoms with van der Waals surface area (Å²) in [5, 5.41) is 7.73. The van der Waals surface area contributed by atoms with Gasteiger partial charge in [-0.15, -0.1) is 10.2 Å². The quantitative estimate of drug-likeness (QED) is 0.803. The molecule has 1 unspecified atom stereocenters. The van der Waals surface area contributed by atoms with Gasteiger partial charge in [0.15, 0.2) is 0 Å². The highest BCUT2D eigenvalue weighted by molar-refractivity contribution is 5.49. The van der Waals surface area contributed by atoms with E-state index in [-0.39, 0.29) is 6.04 Å². The van der Waals surface area contributed by atoms with Gasteiger partial charge in [0.2, 0.25) is 5.89 Å². The zero-order valence-corrected chi connectivity index (χ0v) is 7.80. The molecule has 0 amide bonds. The standard InChI is InChI=1S/C9H11N3O2/c1-2-7(10)9-12-11-8(14-9)6-3-4-13-5-6/h3-5,7H,2,10H2,1H3. The number of aromatic nitrogens is 2. The van der Waals surface area contributed by atoms with Crippen LogP contribution >= 0.6 is 0 Å². The summed E-state index contributed by atoms with van der Waals surface area (Å²) in [6.07, 6.45) is 3.88. The lowest BCUT2D eigenvalue weighted by Crippen LogP contribution is -2.08. The van der Waals surface area contributed by atoms with Crippen LogP contribution in [0.2, 0.25) is 0 Å². The van der Waals surface area contributed by atoms with E-state index in [1.807, 2.05) is 6.92 Å². The average Bonchev–Trinajstić information content (AvgIpc) is 2.86. The van der Waals surface area contributed by atoms with Crippen molar-refractivity contribution in [1.29, 1.82) is 0 Å². The molecule has 0 aliphatic rings. The Bertz CT molecular complexity index is 394. The van der Waals surface area contributed by atoms with Gasteiger partial charge < -0.3 is 14.6 Å². The maximum atomic E-state index is 5.74. The lowest BCUT2D eigenvalue weighted by atomic mass is 10.2. The van der Waals surface area contributed by atoms with Gasteiger partial charge in [-0.05, 0) is 12.5 Å². The van der Waals surface area contributed by atoms with Gasteiger partial charge in [-0.1, -0.05) is 6.92 Å². The smallest absolute Gasteiger partial charge is 0.251 e. The lowest BCUT2D eigenvalue weighted by molar-refractivity contribution is 0.452. The summed E-state index contributed by atoms with van der Waals surface area (Å²) in [6, 6.07) is 1.57. The molecule has 5 nitrogen and oxygen atoms in total. The third-order valence-corrected chi connectivity index (χ3v) is 1.97. The normalized spacial score (nSPS) is 13.0. The van der Waals surface area contributed by atoms with Crippen molar-refractivity contribution >= 4 is 0 Å². The summed E-state index contributed by atoms with van der Waals surface area (Å²) in [5.41, 5.74) is 6.51. The monoisotopic (exact) mass is 193 g/mol. The second-order valence-electron chi connectivity index (χ2n) is 2.97. The summed E-state index contributed by atoms with van der Waals surface area (Å²) >= 11 is 0. The largest absolute Gasteiger partial charge is 0.472 e. The van der Waals surface area contributed by atoms with Crippen LogP contribution < -0.4 is 5.73 Å². The van der Waals surface area contributed by atoms with Crippen molar-refractivity contribution in [3.05, 3.63) is 24.5 Å². The molecule has 14 heavy (non-hydrogen) atoms. The second kappa shape index (κ2) is 3.63. The van der Waals surface area contributed by atoms with E-state index in [4.69, 9.17) is 14.6 Å². The molecule has 1 atom stereocenters. The molecule has 2 aromatic rings. The van der Waals surface area contributed by atoms with Gasteiger partial charge in [-0.25, -0.2) is 0 Å². The van der Waals surface area contributed by atoms with Crippen molar-refractivity contribution in [2.45, 2.75) is 19.4 Å². The highest BCUT2D eigenvalue weighted by atomic mass is 16.4. The first-order chi connectivity index (χ1) is 6.81. The third-order valence-electron chi connectivity index (χ3n) is 1.97. The van der Waals surface area contributed by atoms with Crippen molar-refractivity contribution in [3.8, 4) is 11.5 Å². The Morgan fingerprint density at radius 3 is 3.00 bits per heavy atom. The van der Waals surface area contributed by atoms with Crippen LogP contribution in [0.15, 0.2) is 27.4 Å². The first-order valence-electron chi connectivity index (χ1n) is 4.42. The third kappa shape index (κ3) is 1.54. The van der Waals surface area contributed by atoms with E-state index >= 15 is 0 Å². The number of nitrogens with two attached hydrogens (primary N) is 1. The summed E-state index contributed by atoms with van der Waals surface area (Å²) < 4.78 is 10.3. The molecule has 0 radical (unpaired) electrons. The number of nitrogens with zero attached hydrogens (tertiary/aromatic N) is 2. The molecule has 2 rings (SSSR count). The van der Waals surface area contributed by atoms with E-state index in [9.17, 15) is 0 Å². The predicted molar refractivity (Wildman–Crippen MR) is 49.2 cm³/mol. The van der Waals surface area contributed by atoms with Crippen LogP contribution in [0.3, 0.4) is 0 Å². The maximum Gasteiger partial charge on any atom is 0.251 e.